The summed E-state index contributed by atoms with van der Waals surface area (Å²) in [6, 6.07) is 7.48. The highest BCUT2D eigenvalue weighted by Crippen LogP contribution is 2.31. The van der Waals surface area contributed by atoms with Gasteiger partial charge in [0.15, 0.2) is 0 Å². The first-order chi connectivity index (χ1) is 10.2. The Morgan fingerprint density at radius 3 is 2.81 bits per heavy atom. The Morgan fingerprint density at radius 1 is 1.24 bits per heavy atom. The summed E-state index contributed by atoms with van der Waals surface area (Å²) in [5, 5.41) is 3.42. The van der Waals surface area contributed by atoms with Crippen molar-refractivity contribution in [1.29, 1.82) is 0 Å². The number of fused-ring (bicyclic) bond motifs is 1. The molecule has 0 aromatic heterocycles. The van der Waals surface area contributed by atoms with E-state index in [-0.39, 0.29) is 18.4 Å². The molecule has 112 valence electrons. The molecular weight excluding hydrogens is 284 g/mol. The predicted octanol–water partition coefficient (Wildman–Crippen LogP) is 3.04. The Hall–Kier alpha value is -1.49. The molecule has 0 atom stereocenters. The number of para-hydroxylation sites is 2. The van der Waals surface area contributed by atoms with Crippen molar-refractivity contribution in [3.05, 3.63) is 24.3 Å². The van der Waals surface area contributed by atoms with Gasteiger partial charge in [0, 0.05) is 5.25 Å². The van der Waals surface area contributed by atoms with Gasteiger partial charge >= 0.3 is 0 Å². The molecule has 21 heavy (non-hydrogen) atoms. The summed E-state index contributed by atoms with van der Waals surface area (Å²) < 4.78 is 0. The van der Waals surface area contributed by atoms with Crippen LogP contribution in [0.4, 0.5) is 11.4 Å². The minimum absolute atomic E-state index is 0.0351. The summed E-state index contributed by atoms with van der Waals surface area (Å²) >= 11 is 1.75. The third-order valence-corrected chi connectivity index (χ3v) is 5.42. The molecule has 1 aliphatic carbocycles. The molecule has 2 aliphatic rings. The van der Waals surface area contributed by atoms with Gasteiger partial charge in [-0.15, -0.1) is 11.8 Å². The van der Waals surface area contributed by atoms with Gasteiger partial charge in [-0.25, -0.2) is 0 Å². The van der Waals surface area contributed by atoms with E-state index in [9.17, 15) is 9.59 Å². The van der Waals surface area contributed by atoms with E-state index in [2.05, 4.69) is 5.32 Å². The second kappa shape index (κ2) is 6.52. The smallest absolute Gasteiger partial charge is 0.244 e. The number of hydrogen-bond donors (Lipinski definition) is 1. The molecular formula is C16H20N2O2S. The number of nitrogens with zero attached hydrogens (tertiary/aromatic N) is 1. The van der Waals surface area contributed by atoms with Crippen LogP contribution in [0.25, 0.3) is 0 Å². The van der Waals surface area contributed by atoms with E-state index in [0.29, 0.717) is 11.0 Å². The Morgan fingerprint density at radius 2 is 2.00 bits per heavy atom. The Balaban J connectivity index is 1.65. The zero-order chi connectivity index (χ0) is 14.7. The van der Waals surface area contributed by atoms with Gasteiger partial charge in [-0.1, -0.05) is 31.4 Å². The maximum atomic E-state index is 12.5. The van der Waals surface area contributed by atoms with Crippen LogP contribution in [0.3, 0.4) is 0 Å². The predicted molar refractivity (Wildman–Crippen MR) is 86.8 cm³/mol. The molecule has 0 saturated heterocycles. The number of rotatable bonds is 3. The minimum Gasteiger partial charge on any atom is -0.323 e. The second-order valence-corrected chi connectivity index (χ2v) is 6.90. The van der Waals surface area contributed by atoms with Gasteiger partial charge in [0.05, 0.1) is 17.1 Å². The van der Waals surface area contributed by atoms with Crippen molar-refractivity contribution < 1.29 is 9.59 Å². The molecule has 1 heterocycles. The fraction of sp³-hybridized carbons (Fsp3) is 0.500. The number of anilines is 2. The van der Waals surface area contributed by atoms with E-state index in [4.69, 9.17) is 0 Å². The first-order valence-electron chi connectivity index (χ1n) is 7.55. The Bertz CT molecular complexity index is 541. The monoisotopic (exact) mass is 304 g/mol. The molecule has 5 heteroatoms. The van der Waals surface area contributed by atoms with Gasteiger partial charge in [0.2, 0.25) is 11.8 Å². The van der Waals surface area contributed by atoms with Gasteiger partial charge in [-0.05, 0) is 25.0 Å². The van der Waals surface area contributed by atoms with Crippen molar-refractivity contribution in [2.24, 2.45) is 0 Å². The summed E-state index contributed by atoms with van der Waals surface area (Å²) in [4.78, 5) is 25.8. The molecule has 0 unspecified atom stereocenters. The average molecular weight is 304 g/mol. The van der Waals surface area contributed by atoms with Crippen LogP contribution in [-0.2, 0) is 9.59 Å². The number of carbonyl (C=O) groups excluding carboxylic acids is 2. The van der Waals surface area contributed by atoms with E-state index < -0.39 is 0 Å². The van der Waals surface area contributed by atoms with Crippen LogP contribution in [-0.4, -0.2) is 29.4 Å². The molecule has 4 nitrogen and oxygen atoms in total. The van der Waals surface area contributed by atoms with Crippen LogP contribution in [0.1, 0.15) is 32.1 Å². The van der Waals surface area contributed by atoms with Crippen molar-refractivity contribution in [1.82, 2.24) is 0 Å². The quantitative estimate of drug-likeness (QED) is 0.934. The fourth-order valence-corrected chi connectivity index (χ4v) is 4.16. The van der Waals surface area contributed by atoms with Crippen LogP contribution in [0.2, 0.25) is 0 Å². The van der Waals surface area contributed by atoms with Crippen LogP contribution >= 0.6 is 11.8 Å². The third kappa shape index (κ3) is 3.40. The SMILES string of the molecule is O=C1CN(C(=O)CSC2CCCCC2)c2ccccc2N1. The van der Waals surface area contributed by atoms with Crippen LogP contribution in [0.5, 0.6) is 0 Å². The summed E-state index contributed by atoms with van der Waals surface area (Å²) in [5.41, 5.74) is 1.54. The first-order valence-corrected chi connectivity index (χ1v) is 8.60. The maximum Gasteiger partial charge on any atom is 0.244 e. The summed E-state index contributed by atoms with van der Waals surface area (Å²) in [5.74, 6) is 0.379. The van der Waals surface area contributed by atoms with Crippen LogP contribution in [0.15, 0.2) is 24.3 Å². The first kappa shape index (κ1) is 14.4. The van der Waals surface area contributed by atoms with Crippen molar-refractivity contribution in [2.75, 3.05) is 22.5 Å². The molecule has 1 N–H and O–H groups in total. The summed E-state index contributed by atoms with van der Waals surface area (Å²) in [6.07, 6.45) is 6.32. The minimum atomic E-state index is -0.121. The number of hydrogen-bond acceptors (Lipinski definition) is 3. The molecule has 2 amide bonds. The lowest BCUT2D eigenvalue weighted by Crippen LogP contribution is -2.43. The van der Waals surface area contributed by atoms with Gasteiger partial charge in [0.25, 0.3) is 0 Å². The molecule has 3 rings (SSSR count). The Labute approximate surface area is 129 Å². The molecule has 1 saturated carbocycles. The maximum absolute atomic E-state index is 12.5. The van der Waals surface area contributed by atoms with Gasteiger partial charge in [-0.2, -0.15) is 0 Å². The highest BCUT2D eigenvalue weighted by molar-refractivity contribution is 8.00. The van der Waals surface area contributed by atoms with Crippen LogP contribution in [0, 0.1) is 0 Å². The number of amides is 2. The van der Waals surface area contributed by atoms with Gasteiger partial charge < -0.3 is 10.2 Å². The van der Waals surface area contributed by atoms with Gasteiger partial charge in [0.1, 0.15) is 6.54 Å². The summed E-state index contributed by atoms with van der Waals surface area (Å²) in [6.45, 7) is 0.126. The Kier molecular flexibility index (Phi) is 4.48. The molecule has 1 fully saturated rings. The average Bonchev–Trinajstić information content (AvgIpc) is 2.52. The number of thioether (sulfide) groups is 1. The van der Waals surface area contributed by atoms with Gasteiger partial charge in [-0.3, -0.25) is 9.59 Å². The lowest BCUT2D eigenvalue weighted by Gasteiger charge is -2.29. The standard InChI is InChI=1S/C16H20N2O2S/c19-15-10-18(14-9-5-4-8-13(14)17-15)16(20)11-21-12-6-2-1-3-7-12/h4-5,8-9,12H,1-3,6-7,10-11H2,(H,17,19). The zero-order valence-electron chi connectivity index (χ0n) is 12.0. The molecule has 0 bridgehead atoms. The highest BCUT2D eigenvalue weighted by Gasteiger charge is 2.27. The molecule has 1 aromatic rings. The van der Waals surface area contributed by atoms with E-state index in [1.54, 1.807) is 16.7 Å². The molecule has 1 aromatic carbocycles. The summed E-state index contributed by atoms with van der Waals surface area (Å²) in [7, 11) is 0. The fourth-order valence-electron chi connectivity index (χ4n) is 2.95. The number of nitrogens with one attached hydrogen (secondary N) is 1. The van der Waals surface area contributed by atoms with Crippen molar-refractivity contribution >= 4 is 35.0 Å². The number of carbonyl (C=O) groups is 2. The van der Waals surface area contributed by atoms with Crippen molar-refractivity contribution in [3.8, 4) is 0 Å². The van der Waals surface area contributed by atoms with E-state index in [0.717, 1.165) is 11.4 Å². The van der Waals surface area contributed by atoms with E-state index in [1.807, 2.05) is 24.3 Å². The highest BCUT2D eigenvalue weighted by atomic mass is 32.2. The number of benzene rings is 1. The lowest BCUT2D eigenvalue weighted by atomic mass is 10.0. The largest absolute Gasteiger partial charge is 0.323 e. The normalized spacial score (nSPS) is 19.0. The van der Waals surface area contributed by atoms with Crippen molar-refractivity contribution in [2.45, 2.75) is 37.4 Å². The molecule has 0 radical (unpaired) electrons. The molecule has 1 aliphatic heterocycles. The lowest BCUT2D eigenvalue weighted by molar-refractivity contribution is -0.120. The zero-order valence-corrected chi connectivity index (χ0v) is 12.8. The molecule has 0 spiro atoms. The van der Waals surface area contributed by atoms with E-state index in [1.165, 1.54) is 32.1 Å². The van der Waals surface area contributed by atoms with Crippen LogP contribution < -0.4 is 10.2 Å². The van der Waals surface area contributed by atoms with E-state index >= 15 is 0 Å². The van der Waals surface area contributed by atoms with Crippen molar-refractivity contribution in [3.63, 3.8) is 0 Å². The third-order valence-electron chi connectivity index (χ3n) is 4.07. The second-order valence-electron chi connectivity index (χ2n) is 5.62. The topological polar surface area (TPSA) is 49.4 Å².